The molecule has 0 amide bonds. The lowest BCUT2D eigenvalue weighted by Crippen LogP contribution is -2.49. The van der Waals surface area contributed by atoms with Gasteiger partial charge in [0.15, 0.2) is 0 Å². The van der Waals surface area contributed by atoms with Gasteiger partial charge in [0, 0.05) is 12.6 Å². The molecular weight excluding hydrogens is 230 g/mol. The first-order valence-corrected chi connectivity index (χ1v) is 6.90. The van der Waals surface area contributed by atoms with Crippen molar-refractivity contribution >= 4 is 5.97 Å². The Bertz CT molecular complexity index is 270. The standard InChI is InChI=1S/C14H27NO3/c1-11(2)14(3,17)10-15(9-13(16)18-4)12-7-5-6-8-12/h11-12,17H,5-10H2,1-4H3. The monoisotopic (exact) mass is 257 g/mol. The van der Waals surface area contributed by atoms with Gasteiger partial charge in [-0.3, -0.25) is 9.69 Å². The minimum absolute atomic E-state index is 0.166. The van der Waals surface area contributed by atoms with Crippen molar-refractivity contribution in [2.24, 2.45) is 5.92 Å². The lowest BCUT2D eigenvalue weighted by molar-refractivity contribution is -0.143. The summed E-state index contributed by atoms with van der Waals surface area (Å²) in [5.41, 5.74) is -0.767. The van der Waals surface area contributed by atoms with Crippen LogP contribution < -0.4 is 0 Å². The molecule has 106 valence electrons. The first kappa shape index (κ1) is 15.4. The Labute approximate surface area is 110 Å². The lowest BCUT2D eigenvalue weighted by Gasteiger charge is -2.37. The Hall–Kier alpha value is -0.610. The van der Waals surface area contributed by atoms with E-state index in [4.69, 9.17) is 4.74 Å². The molecular formula is C14H27NO3. The average molecular weight is 257 g/mol. The Balaban J connectivity index is 2.67. The second-order valence-corrected chi connectivity index (χ2v) is 5.93. The molecule has 4 nitrogen and oxygen atoms in total. The normalized spacial score (nSPS) is 20.4. The van der Waals surface area contributed by atoms with Gasteiger partial charge in [-0.05, 0) is 25.7 Å². The predicted molar refractivity (Wildman–Crippen MR) is 71.3 cm³/mol. The lowest BCUT2D eigenvalue weighted by atomic mass is 9.91. The average Bonchev–Trinajstić information content (AvgIpc) is 2.80. The third-order valence-corrected chi connectivity index (χ3v) is 4.17. The third-order valence-electron chi connectivity index (χ3n) is 4.17. The smallest absolute Gasteiger partial charge is 0.319 e. The molecule has 1 aliphatic rings. The Morgan fingerprint density at radius 2 is 2.00 bits per heavy atom. The van der Waals surface area contributed by atoms with Crippen LogP contribution in [-0.4, -0.2) is 47.8 Å². The molecule has 18 heavy (non-hydrogen) atoms. The number of aliphatic hydroxyl groups is 1. The van der Waals surface area contributed by atoms with Gasteiger partial charge in [-0.1, -0.05) is 26.7 Å². The number of carbonyl (C=O) groups excluding carboxylic acids is 1. The van der Waals surface area contributed by atoms with Crippen molar-refractivity contribution in [1.29, 1.82) is 0 Å². The summed E-state index contributed by atoms with van der Waals surface area (Å²) in [6.07, 6.45) is 4.66. The van der Waals surface area contributed by atoms with E-state index in [0.717, 1.165) is 12.8 Å². The topological polar surface area (TPSA) is 49.8 Å². The van der Waals surface area contributed by atoms with E-state index < -0.39 is 5.60 Å². The maximum absolute atomic E-state index is 11.5. The molecule has 4 heteroatoms. The maximum atomic E-state index is 11.5. The molecule has 0 aromatic carbocycles. The minimum Gasteiger partial charge on any atom is -0.468 e. The predicted octanol–water partition coefficient (Wildman–Crippen LogP) is 1.81. The molecule has 0 aromatic rings. The third kappa shape index (κ3) is 4.25. The van der Waals surface area contributed by atoms with E-state index in [1.165, 1.54) is 20.0 Å². The van der Waals surface area contributed by atoms with Crippen LogP contribution in [0.4, 0.5) is 0 Å². The Morgan fingerprint density at radius 1 is 1.44 bits per heavy atom. The highest BCUT2D eigenvalue weighted by molar-refractivity contribution is 5.71. The summed E-state index contributed by atoms with van der Waals surface area (Å²) in [5, 5.41) is 10.4. The summed E-state index contributed by atoms with van der Waals surface area (Å²) in [4.78, 5) is 13.6. The van der Waals surface area contributed by atoms with Crippen LogP contribution in [0.15, 0.2) is 0 Å². The molecule has 0 radical (unpaired) electrons. The van der Waals surface area contributed by atoms with Crippen LogP contribution in [0.2, 0.25) is 0 Å². The zero-order valence-electron chi connectivity index (χ0n) is 12.1. The molecule has 1 unspecified atom stereocenters. The van der Waals surface area contributed by atoms with Crippen molar-refractivity contribution in [3.05, 3.63) is 0 Å². The fraction of sp³-hybridized carbons (Fsp3) is 0.929. The number of hydrogen-bond donors (Lipinski definition) is 1. The SMILES string of the molecule is COC(=O)CN(CC(C)(O)C(C)C)C1CCCC1. The van der Waals surface area contributed by atoms with Gasteiger partial charge in [0.2, 0.25) is 0 Å². The summed E-state index contributed by atoms with van der Waals surface area (Å²) in [6, 6.07) is 0.411. The minimum atomic E-state index is -0.767. The van der Waals surface area contributed by atoms with Crippen molar-refractivity contribution < 1.29 is 14.6 Å². The van der Waals surface area contributed by atoms with E-state index in [1.807, 2.05) is 20.8 Å². The van der Waals surface area contributed by atoms with E-state index in [0.29, 0.717) is 12.6 Å². The first-order chi connectivity index (χ1) is 8.36. The summed E-state index contributed by atoms with van der Waals surface area (Å²) >= 11 is 0. The molecule has 0 spiro atoms. The van der Waals surface area contributed by atoms with Crippen LogP contribution in [0.5, 0.6) is 0 Å². The number of rotatable bonds is 6. The van der Waals surface area contributed by atoms with E-state index in [9.17, 15) is 9.90 Å². The van der Waals surface area contributed by atoms with Crippen LogP contribution in [0.25, 0.3) is 0 Å². The fourth-order valence-corrected chi connectivity index (χ4v) is 2.41. The Morgan fingerprint density at radius 3 is 2.44 bits per heavy atom. The highest BCUT2D eigenvalue weighted by Crippen LogP contribution is 2.26. The molecule has 0 aromatic heterocycles. The molecule has 0 saturated heterocycles. The number of ether oxygens (including phenoxy) is 1. The van der Waals surface area contributed by atoms with Crippen molar-refractivity contribution in [3.63, 3.8) is 0 Å². The summed E-state index contributed by atoms with van der Waals surface area (Å²) < 4.78 is 4.75. The van der Waals surface area contributed by atoms with E-state index in [-0.39, 0.29) is 18.4 Å². The van der Waals surface area contributed by atoms with E-state index >= 15 is 0 Å². The zero-order valence-corrected chi connectivity index (χ0v) is 12.1. The molecule has 0 heterocycles. The van der Waals surface area contributed by atoms with Gasteiger partial charge in [0.05, 0.1) is 19.3 Å². The van der Waals surface area contributed by atoms with Crippen molar-refractivity contribution in [1.82, 2.24) is 4.90 Å². The number of nitrogens with zero attached hydrogens (tertiary/aromatic N) is 1. The largest absolute Gasteiger partial charge is 0.468 e. The maximum Gasteiger partial charge on any atom is 0.319 e. The second-order valence-electron chi connectivity index (χ2n) is 5.93. The highest BCUT2D eigenvalue weighted by Gasteiger charge is 2.33. The first-order valence-electron chi connectivity index (χ1n) is 6.90. The molecule has 1 saturated carbocycles. The van der Waals surface area contributed by atoms with Crippen LogP contribution in [0.1, 0.15) is 46.5 Å². The zero-order chi connectivity index (χ0) is 13.8. The number of carbonyl (C=O) groups is 1. The molecule has 1 atom stereocenters. The van der Waals surface area contributed by atoms with E-state index in [1.54, 1.807) is 0 Å². The molecule has 0 aliphatic heterocycles. The van der Waals surface area contributed by atoms with Gasteiger partial charge in [-0.25, -0.2) is 0 Å². The van der Waals surface area contributed by atoms with Crippen LogP contribution in [0.3, 0.4) is 0 Å². The van der Waals surface area contributed by atoms with E-state index in [2.05, 4.69) is 4.90 Å². The number of hydrogen-bond acceptors (Lipinski definition) is 4. The van der Waals surface area contributed by atoms with Gasteiger partial charge in [0.25, 0.3) is 0 Å². The molecule has 0 bridgehead atoms. The van der Waals surface area contributed by atoms with Gasteiger partial charge in [-0.15, -0.1) is 0 Å². The number of methoxy groups -OCH3 is 1. The molecule has 1 N–H and O–H groups in total. The van der Waals surface area contributed by atoms with Crippen LogP contribution in [-0.2, 0) is 9.53 Å². The van der Waals surface area contributed by atoms with Gasteiger partial charge < -0.3 is 9.84 Å². The van der Waals surface area contributed by atoms with Crippen molar-refractivity contribution in [3.8, 4) is 0 Å². The van der Waals surface area contributed by atoms with Crippen molar-refractivity contribution in [2.45, 2.75) is 58.1 Å². The van der Waals surface area contributed by atoms with Crippen LogP contribution in [0, 0.1) is 5.92 Å². The quantitative estimate of drug-likeness (QED) is 0.737. The molecule has 1 aliphatic carbocycles. The fourth-order valence-electron chi connectivity index (χ4n) is 2.41. The summed E-state index contributed by atoms with van der Waals surface area (Å²) in [7, 11) is 1.41. The van der Waals surface area contributed by atoms with Crippen molar-refractivity contribution in [2.75, 3.05) is 20.2 Å². The summed E-state index contributed by atoms with van der Waals surface area (Å²) in [5.74, 6) is -0.0551. The summed E-state index contributed by atoms with van der Waals surface area (Å²) in [6.45, 7) is 6.67. The van der Waals surface area contributed by atoms with Crippen LogP contribution >= 0.6 is 0 Å². The van der Waals surface area contributed by atoms with Gasteiger partial charge in [-0.2, -0.15) is 0 Å². The Kier molecular flexibility index (Phi) is 5.60. The molecule has 1 fully saturated rings. The highest BCUT2D eigenvalue weighted by atomic mass is 16.5. The second kappa shape index (κ2) is 6.53. The number of esters is 1. The van der Waals surface area contributed by atoms with Gasteiger partial charge >= 0.3 is 5.97 Å². The molecule has 1 rings (SSSR count). The van der Waals surface area contributed by atoms with Gasteiger partial charge in [0.1, 0.15) is 0 Å².